The summed E-state index contributed by atoms with van der Waals surface area (Å²) in [6.45, 7) is 5.67. The topological polar surface area (TPSA) is 137 Å². The molecule has 0 radical (unpaired) electrons. The van der Waals surface area contributed by atoms with Gasteiger partial charge in [0, 0.05) is 11.3 Å². The maximum atomic E-state index is 12.5. The third-order valence-electron chi connectivity index (χ3n) is 11.5. The summed E-state index contributed by atoms with van der Waals surface area (Å²) < 4.78 is 11.8. The van der Waals surface area contributed by atoms with Crippen LogP contribution in [0, 0.1) is 34.5 Å². The summed E-state index contributed by atoms with van der Waals surface area (Å²) in [5.74, 6) is 0.597. The van der Waals surface area contributed by atoms with Crippen molar-refractivity contribution in [2.75, 3.05) is 6.61 Å². The molecule has 0 unspecified atom stereocenters. The molecule has 0 aromatic heterocycles. The van der Waals surface area contributed by atoms with Crippen LogP contribution in [0.5, 0.6) is 0 Å². The molecule has 35 heavy (non-hydrogen) atoms. The van der Waals surface area contributed by atoms with Gasteiger partial charge in [-0.2, -0.15) is 0 Å². The summed E-state index contributed by atoms with van der Waals surface area (Å²) in [4.78, 5) is 12.5. The fourth-order valence-corrected chi connectivity index (χ4v) is 9.25. The second kappa shape index (κ2) is 9.00. The lowest BCUT2D eigenvalue weighted by atomic mass is 9.43. The zero-order valence-corrected chi connectivity index (χ0v) is 21.3. The van der Waals surface area contributed by atoms with Gasteiger partial charge in [0.2, 0.25) is 0 Å². The summed E-state index contributed by atoms with van der Waals surface area (Å²) in [6.07, 6.45) is 2.25. The second-order valence-electron chi connectivity index (χ2n) is 12.8. The molecule has 200 valence electrons. The van der Waals surface area contributed by atoms with Crippen LogP contribution in [0.4, 0.5) is 0 Å². The first-order chi connectivity index (χ1) is 16.5. The number of Topliss-reactive ketones (excluding diaryl/α,β-unsaturated/α-hetero) is 1. The summed E-state index contributed by atoms with van der Waals surface area (Å²) in [6, 6.07) is 0. The third-order valence-corrected chi connectivity index (χ3v) is 11.5. The molecular weight excluding hydrogens is 452 g/mol. The van der Waals surface area contributed by atoms with E-state index in [0.29, 0.717) is 24.7 Å². The van der Waals surface area contributed by atoms with Crippen LogP contribution in [-0.4, -0.2) is 80.3 Å². The fourth-order valence-electron chi connectivity index (χ4n) is 9.25. The van der Waals surface area contributed by atoms with E-state index in [-0.39, 0.29) is 29.1 Å². The van der Waals surface area contributed by atoms with Crippen LogP contribution >= 0.6 is 0 Å². The van der Waals surface area contributed by atoms with Crippen molar-refractivity contribution in [1.82, 2.24) is 0 Å². The SMILES string of the molecule is C[C@H]1O[C@H](O[C@H]2CC[C@@]3(C)[C@H](CC[C@@H]4[C@@H]3CC[C@]3(C)[C@@H](C(=O)CO)CC[C@]43O)C2)[C@H](O)[C@H](O)[C@H]1O. The van der Waals surface area contributed by atoms with Gasteiger partial charge >= 0.3 is 0 Å². The van der Waals surface area contributed by atoms with E-state index in [2.05, 4.69) is 13.8 Å². The van der Waals surface area contributed by atoms with E-state index in [4.69, 9.17) is 9.47 Å². The number of hydrogen-bond donors (Lipinski definition) is 5. The lowest BCUT2D eigenvalue weighted by Crippen LogP contribution is -2.63. The van der Waals surface area contributed by atoms with E-state index >= 15 is 0 Å². The van der Waals surface area contributed by atoms with Crippen molar-refractivity contribution in [3.8, 4) is 0 Å². The van der Waals surface area contributed by atoms with Gasteiger partial charge in [-0.3, -0.25) is 4.79 Å². The van der Waals surface area contributed by atoms with Gasteiger partial charge in [-0.15, -0.1) is 0 Å². The Morgan fingerprint density at radius 2 is 1.69 bits per heavy atom. The molecule has 5 fully saturated rings. The van der Waals surface area contributed by atoms with Gasteiger partial charge in [0.05, 0.1) is 17.8 Å². The van der Waals surface area contributed by atoms with Gasteiger partial charge in [-0.25, -0.2) is 0 Å². The Kier molecular flexibility index (Phi) is 6.69. The summed E-state index contributed by atoms with van der Waals surface area (Å²) >= 11 is 0. The van der Waals surface area contributed by atoms with Crippen molar-refractivity contribution in [3.63, 3.8) is 0 Å². The zero-order valence-electron chi connectivity index (χ0n) is 21.3. The number of rotatable bonds is 4. The van der Waals surface area contributed by atoms with Gasteiger partial charge in [-0.05, 0) is 87.9 Å². The van der Waals surface area contributed by atoms with Gasteiger partial charge in [-0.1, -0.05) is 13.8 Å². The first-order valence-electron chi connectivity index (χ1n) is 13.7. The molecule has 1 saturated heterocycles. The lowest BCUT2D eigenvalue weighted by Gasteiger charge is -2.63. The standard InChI is InChI=1S/C27H44O8/c1-14-21(30)22(31)23(32)24(34-14)35-16-6-9-25(2)15(12-16)4-5-18-17(25)7-10-26(3)19(20(29)13-28)8-11-27(18,26)33/h14-19,21-24,28,30-33H,4-13H2,1-3H3/t14-,15-,16+,17+,18-,19-,21+,22-,23-,24-,25+,26-,27+/m1/s1. The Balaban J connectivity index is 1.29. The van der Waals surface area contributed by atoms with Crippen LogP contribution in [0.2, 0.25) is 0 Å². The number of aliphatic hydroxyl groups is 5. The first kappa shape index (κ1) is 26.0. The van der Waals surface area contributed by atoms with E-state index in [9.17, 15) is 30.3 Å². The molecule has 4 aliphatic carbocycles. The highest BCUT2D eigenvalue weighted by Crippen LogP contribution is 2.69. The zero-order chi connectivity index (χ0) is 25.3. The Morgan fingerprint density at radius 3 is 2.40 bits per heavy atom. The molecule has 0 amide bonds. The highest BCUT2D eigenvalue weighted by molar-refractivity contribution is 5.83. The normalized spacial score (nSPS) is 56.1. The number of aliphatic hydroxyl groups excluding tert-OH is 4. The molecule has 0 aromatic carbocycles. The molecule has 5 N–H and O–H groups in total. The predicted molar refractivity (Wildman–Crippen MR) is 126 cm³/mol. The van der Waals surface area contributed by atoms with Crippen molar-refractivity contribution in [1.29, 1.82) is 0 Å². The molecule has 8 heteroatoms. The summed E-state index contributed by atoms with van der Waals surface area (Å²) in [5, 5.41) is 52.1. The fraction of sp³-hybridized carbons (Fsp3) is 0.963. The number of carbonyl (C=O) groups excluding carboxylic acids is 1. The van der Waals surface area contributed by atoms with Crippen molar-refractivity contribution in [2.24, 2.45) is 34.5 Å². The van der Waals surface area contributed by atoms with Crippen LogP contribution in [-0.2, 0) is 14.3 Å². The molecular formula is C27H44O8. The predicted octanol–water partition coefficient (Wildman–Crippen LogP) is 1.53. The molecule has 0 bridgehead atoms. The minimum atomic E-state index is -1.29. The minimum absolute atomic E-state index is 0.0773. The molecule has 1 aliphatic heterocycles. The molecule has 4 saturated carbocycles. The van der Waals surface area contributed by atoms with Crippen LogP contribution in [0.3, 0.4) is 0 Å². The van der Waals surface area contributed by atoms with Crippen molar-refractivity contribution >= 4 is 5.78 Å². The van der Waals surface area contributed by atoms with Crippen molar-refractivity contribution < 1.29 is 39.8 Å². The Morgan fingerprint density at radius 1 is 0.943 bits per heavy atom. The Bertz CT molecular complexity index is 821. The first-order valence-corrected chi connectivity index (χ1v) is 13.7. The average Bonchev–Trinajstić information content (AvgIpc) is 3.12. The third kappa shape index (κ3) is 3.77. The van der Waals surface area contributed by atoms with Crippen molar-refractivity contribution in [3.05, 3.63) is 0 Å². The molecule has 0 spiro atoms. The van der Waals surface area contributed by atoms with E-state index in [1.807, 2.05) is 0 Å². The lowest BCUT2D eigenvalue weighted by molar-refractivity contribution is -0.310. The van der Waals surface area contributed by atoms with Gasteiger partial charge in [0.25, 0.3) is 0 Å². The number of ether oxygens (including phenoxy) is 2. The quantitative estimate of drug-likeness (QED) is 0.370. The van der Waals surface area contributed by atoms with E-state index < -0.39 is 48.3 Å². The van der Waals surface area contributed by atoms with Gasteiger partial charge in [0.15, 0.2) is 12.1 Å². The monoisotopic (exact) mass is 496 g/mol. The molecule has 1 heterocycles. The summed E-state index contributed by atoms with van der Waals surface area (Å²) in [7, 11) is 0. The number of fused-ring (bicyclic) bond motifs is 5. The Labute approximate surface area is 208 Å². The van der Waals surface area contributed by atoms with E-state index in [0.717, 1.165) is 44.9 Å². The molecule has 5 rings (SSSR count). The maximum absolute atomic E-state index is 12.5. The Hall–Kier alpha value is -0.610. The second-order valence-corrected chi connectivity index (χ2v) is 12.8. The van der Waals surface area contributed by atoms with E-state index in [1.54, 1.807) is 6.92 Å². The molecule has 13 atom stereocenters. The summed E-state index contributed by atoms with van der Waals surface area (Å²) in [5.41, 5.74) is -1.25. The van der Waals surface area contributed by atoms with Crippen molar-refractivity contribution in [2.45, 2.75) is 121 Å². The molecule has 8 nitrogen and oxygen atoms in total. The average molecular weight is 497 g/mol. The largest absolute Gasteiger partial charge is 0.389 e. The van der Waals surface area contributed by atoms with Gasteiger partial charge < -0.3 is 35.0 Å². The van der Waals surface area contributed by atoms with Crippen LogP contribution in [0.1, 0.15) is 78.6 Å². The minimum Gasteiger partial charge on any atom is -0.389 e. The van der Waals surface area contributed by atoms with Crippen LogP contribution in [0.25, 0.3) is 0 Å². The highest BCUT2D eigenvalue weighted by Gasteiger charge is 2.68. The molecule has 0 aromatic rings. The molecule has 5 aliphatic rings. The number of hydrogen-bond acceptors (Lipinski definition) is 8. The maximum Gasteiger partial charge on any atom is 0.186 e. The smallest absolute Gasteiger partial charge is 0.186 e. The van der Waals surface area contributed by atoms with Crippen LogP contribution in [0.15, 0.2) is 0 Å². The number of carbonyl (C=O) groups is 1. The van der Waals surface area contributed by atoms with E-state index in [1.165, 1.54) is 0 Å². The number of ketones is 1. The van der Waals surface area contributed by atoms with Crippen LogP contribution < -0.4 is 0 Å². The van der Waals surface area contributed by atoms with Gasteiger partial charge in [0.1, 0.15) is 24.9 Å². The highest BCUT2D eigenvalue weighted by atomic mass is 16.7.